The lowest BCUT2D eigenvalue weighted by atomic mass is 9.82. The Bertz CT molecular complexity index is 323. The highest BCUT2D eigenvalue weighted by Gasteiger charge is 2.55. The van der Waals surface area contributed by atoms with Crippen molar-refractivity contribution in [1.82, 2.24) is 0 Å². The second kappa shape index (κ2) is 2.97. The summed E-state index contributed by atoms with van der Waals surface area (Å²) in [5.41, 5.74) is 4.81. The average molecular weight is 208 g/mol. The molecule has 1 heterocycles. The third kappa shape index (κ3) is 1.27. The molecule has 3 aliphatic rings. The maximum absolute atomic E-state index is 11.8. The van der Waals surface area contributed by atoms with Gasteiger partial charge in [-0.2, -0.15) is 4.99 Å². The topological polar surface area (TPSA) is 64.7 Å². The largest absolute Gasteiger partial charge is 0.448 e. The highest BCUT2D eigenvalue weighted by molar-refractivity contribution is 6.01. The molecule has 0 saturated heterocycles. The van der Waals surface area contributed by atoms with Crippen LogP contribution in [-0.2, 0) is 9.53 Å². The van der Waals surface area contributed by atoms with Gasteiger partial charge in [0.25, 0.3) is 11.9 Å². The molecule has 0 aromatic heterocycles. The third-order valence-corrected chi connectivity index (χ3v) is 4.15. The molecule has 2 N–H and O–H groups in total. The lowest BCUT2D eigenvalue weighted by Gasteiger charge is -2.23. The second-order valence-corrected chi connectivity index (χ2v) is 5.06. The van der Waals surface area contributed by atoms with Gasteiger partial charge in [-0.3, -0.25) is 4.79 Å². The number of amides is 1. The number of nitrogens with zero attached hydrogens (tertiary/aromatic N) is 1. The minimum absolute atomic E-state index is 0.0682. The molecule has 3 rings (SSSR count). The molecule has 2 saturated carbocycles. The van der Waals surface area contributed by atoms with Crippen LogP contribution in [-0.4, -0.2) is 17.5 Å². The predicted molar refractivity (Wildman–Crippen MR) is 55.1 cm³/mol. The van der Waals surface area contributed by atoms with Gasteiger partial charge < -0.3 is 10.5 Å². The number of aliphatic imine (C=N–C) groups is 1. The van der Waals surface area contributed by atoms with Crippen LogP contribution in [0.2, 0.25) is 0 Å². The molecule has 0 radical (unpaired) electrons. The van der Waals surface area contributed by atoms with Crippen LogP contribution < -0.4 is 5.73 Å². The summed E-state index contributed by atoms with van der Waals surface area (Å²) in [4.78, 5) is 15.5. The Morgan fingerprint density at radius 3 is 2.33 bits per heavy atom. The highest BCUT2D eigenvalue weighted by Crippen LogP contribution is 2.50. The molecule has 2 unspecified atom stereocenters. The number of rotatable bonds is 0. The molecule has 4 nitrogen and oxygen atoms in total. The van der Waals surface area contributed by atoms with Gasteiger partial charge in [0.15, 0.2) is 5.60 Å². The lowest BCUT2D eigenvalue weighted by molar-refractivity contribution is -0.130. The Hall–Kier alpha value is -1.06. The fraction of sp³-hybridized carbons (Fsp3) is 0.818. The van der Waals surface area contributed by atoms with E-state index in [0.717, 1.165) is 12.8 Å². The predicted octanol–water partition coefficient (Wildman–Crippen LogP) is 1.20. The van der Waals surface area contributed by atoms with Crippen molar-refractivity contribution in [2.75, 3.05) is 0 Å². The van der Waals surface area contributed by atoms with E-state index in [1.807, 2.05) is 0 Å². The van der Waals surface area contributed by atoms with E-state index in [0.29, 0.717) is 11.8 Å². The monoisotopic (exact) mass is 208 g/mol. The molecule has 0 aromatic rings. The van der Waals surface area contributed by atoms with E-state index >= 15 is 0 Å². The maximum Gasteiger partial charge on any atom is 0.294 e. The van der Waals surface area contributed by atoms with E-state index in [4.69, 9.17) is 10.5 Å². The molecule has 1 spiro atoms. The van der Waals surface area contributed by atoms with Crippen molar-refractivity contribution in [3.05, 3.63) is 0 Å². The SMILES string of the molecule is NC1=NC(=O)C2(CC3CCCC[C@@H]3C2)O1. The van der Waals surface area contributed by atoms with Gasteiger partial charge in [0.2, 0.25) is 0 Å². The van der Waals surface area contributed by atoms with Crippen LogP contribution in [0.3, 0.4) is 0 Å². The molecule has 82 valence electrons. The Balaban J connectivity index is 1.83. The maximum atomic E-state index is 11.8. The van der Waals surface area contributed by atoms with Crippen LogP contribution in [0.1, 0.15) is 38.5 Å². The summed E-state index contributed by atoms with van der Waals surface area (Å²) in [6, 6.07) is 0.0682. The molecule has 3 atom stereocenters. The number of carbonyl (C=O) groups is 1. The summed E-state index contributed by atoms with van der Waals surface area (Å²) in [5.74, 6) is 1.17. The van der Waals surface area contributed by atoms with Gasteiger partial charge in [0.05, 0.1) is 0 Å². The van der Waals surface area contributed by atoms with Crippen molar-refractivity contribution >= 4 is 11.9 Å². The van der Waals surface area contributed by atoms with Crippen molar-refractivity contribution in [3.63, 3.8) is 0 Å². The quantitative estimate of drug-likeness (QED) is 0.650. The van der Waals surface area contributed by atoms with E-state index in [-0.39, 0.29) is 11.9 Å². The zero-order chi connectivity index (χ0) is 10.5. The van der Waals surface area contributed by atoms with Crippen LogP contribution in [0.15, 0.2) is 4.99 Å². The van der Waals surface area contributed by atoms with Gasteiger partial charge >= 0.3 is 0 Å². The van der Waals surface area contributed by atoms with Gasteiger partial charge in [0, 0.05) is 0 Å². The highest BCUT2D eigenvalue weighted by atomic mass is 16.5. The molecular formula is C11H16N2O2. The minimum Gasteiger partial charge on any atom is -0.448 e. The van der Waals surface area contributed by atoms with E-state index in [1.165, 1.54) is 25.7 Å². The van der Waals surface area contributed by atoms with E-state index in [1.54, 1.807) is 0 Å². The average Bonchev–Trinajstić information content (AvgIpc) is 2.67. The summed E-state index contributed by atoms with van der Waals surface area (Å²) >= 11 is 0. The van der Waals surface area contributed by atoms with Crippen LogP contribution in [0.25, 0.3) is 0 Å². The first-order valence-electron chi connectivity index (χ1n) is 5.77. The number of hydrogen-bond acceptors (Lipinski definition) is 3. The Labute approximate surface area is 88.9 Å². The summed E-state index contributed by atoms with van der Waals surface area (Å²) < 4.78 is 5.49. The van der Waals surface area contributed by atoms with Crippen molar-refractivity contribution in [2.24, 2.45) is 22.6 Å². The van der Waals surface area contributed by atoms with Gasteiger partial charge in [-0.25, -0.2) is 0 Å². The number of carbonyl (C=O) groups excluding carboxylic acids is 1. The molecule has 0 bridgehead atoms. The van der Waals surface area contributed by atoms with Crippen LogP contribution in [0.5, 0.6) is 0 Å². The number of fused-ring (bicyclic) bond motifs is 1. The first kappa shape index (κ1) is 9.19. The minimum atomic E-state index is -0.663. The van der Waals surface area contributed by atoms with Gasteiger partial charge in [-0.1, -0.05) is 25.7 Å². The van der Waals surface area contributed by atoms with Crippen LogP contribution in [0.4, 0.5) is 0 Å². The van der Waals surface area contributed by atoms with Gasteiger partial charge in [0.1, 0.15) is 0 Å². The fourth-order valence-electron chi connectivity index (χ4n) is 3.48. The third-order valence-electron chi connectivity index (χ3n) is 4.15. The van der Waals surface area contributed by atoms with E-state index < -0.39 is 5.60 Å². The molecule has 4 heteroatoms. The normalized spacial score (nSPS) is 44.0. The Morgan fingerprint density at radius 1 is 1.27 bits per heavy atom. The summed E-state index contributed by atoms with van der Waals surface area (Å²) in [6.45, 7) is 0. The molecular weight excluding hydrogens is 192 g/mol. The van der Waals surface area contributed by atoms with Crippen molar-refractivity contribution in [3.8, 4) is 0 Å². The van der Waals surface area contributed by atoms with Crippen LogP contribution in [0, 0.1) is 11.8 Å². The van der Waals surface area contributed by atoms with Crippen molar-refractivity contribution in [2.45, 2.75) is 44.1 Å². The Kier molecular flexibility index (Phi) is 1.82. The van der Waals surface area contributed by atoms with E-state index in [9.17, 15) is 4.79 Å². The zero-order valence-corrected chi connectivity index (χ0v) is 8.74. The number of nitrogens with two attached hydrogens (primary N) is 1. The fourth-order valence-corrected chi connectivity index (χ4v) is 3.48. The zero-order valence-electron chi connectivity index (χ0n) is 8.74. The van der Waals surface area contributed by atoms with Crippen molar-refractivity contribution < 1.29 is 9.53 Å². The first-order valence-corrected chi connectivity index (χ1v) is 5.77. The number of amidine groups is 1. The lowest BCUT2D eigenvalue weighted by Crippen LogP contribution is -2.35. The van der Waals surface area contributed by atoms with Gasteiger partial charge in [-0.05, 0) is 24.7 Å². The van der Waals surface area contributed by atoms with Crippen LogP contribution >= 0.6 is 0 Å². The second-order valence-electron chi connectivity index (χ2n) is 5.06. The van der Waals surface area contributed by atoms with Gasteiger partial charge in [-0.15, -0.1) is 0 Å². The number of ether oxygens (including phenoxy) is 1. The summed E-state index contributed by atoms with van der Waals surface area (Å²) in [6.07, 6.45) is 6.73. The van der Waals surface area contributed by atoms with Crippen molar-refractivity contribution in [1.29, 1.82) is 0 Å². The molecule has 1 amide bonds. The molecule has 1 aliphatic heterocycles. The Morgan fingerprint density at radius 2 is 1.87 bits per heavy atom. The molecule has 2 fully saturated rings. The summed E-state index contributed by atoms with van der Waals surface area (Å²) in [5, 5.41) is 0. The summed E-state index contributed by atoms with van der Waals surface area (Å²) in [7, 11) is 0. The first-order chi connectivity index (χ1) is 7.20. The smallest absolute Gasteiger partial charge is 0.294 e. The molecule has 0 aromatic carbocycles. The number of hydrogen-bond donors (Lipinski definition) is 1. The van der Waals surface area contributed by atoms with E-state index in [2.05, 4.69) is 4.99 Å². The molecule has 2 aliphatic carbocycles. The molecule has 15 heavy (non-hydrogen) atoms. The standard InChI is InChI=1S/C11H16N2O2/c12-10-13-9(14)11(15-10)5-7-3-1-2-4-8(7)6-11/h7-8H,1-6H2,(H2,12,13,14)/t7-,8?,11?/m1/s1.